The fourth-order valence-electron chi connectivity index (χ4n) is 4.75. The number of amides is 2. The normalized spacial score (nSPS) is 14.5. The van der Waals surface area contributed by atoms with E-state index in [1.807, 2.05) is 47.4 Å². The Morgan fingerprint density at radius 3 is 2.13 bits per heavy atom. The first-order valence-corrected chi connectivity index (χ1v) is 15.4. The zero-order chi connectivity index (χ0) is 27.7. The first-order valence-electron chi connectivity index (χ1n) is 13.5. The van der Waals surface area contributed by atoms with E-state index in [0.29, 0.717) is 11.4 Å². The fourth-order valence-corrected chi connectivity index (χ4v) is 5.31. The predicted octanol–water partition coefficient (Wildman–Crippen LogP) is 6.15. The van der Waals surface area contributed by atoms with Gasteiger partial charge in [0.25, 0.3) is 0 Å². The molecule has 8 nitrogen and oxygen atoms in total. The molecule has 3 aromatic carbocycles. The molecule has 0 saturated carbocycles. The van der Waals surface area contributed by atoms with E-state index >= 15 is 0 Å². The van der Waals surface area contributed by atoms with Crippen molar-refractivity contribution in [3.05, 3.63) is 84.4 Å². The third-order valence-corrected chi connectivity index (χ3v) is 7.37. The summed E-state index contributed by atoms with van der Waals surface area (Å²) in [6.45, 7) is 5.67. The number of hydrogen-bond acceptors (Lipinski definition) is 5. The number of carbonyl (C=O) groups excluding carboxylic acids is 1. The van der Waals surface area contributed by atoms with Crippen LogP contribution in [0, 0.1) is 0 Å². The van der Waals surface area contributed by atoms with Gasteiger partial charge in [0.15, 0.2) is 0 Å². The molecule has 0 spiro atoms. The van der Waals surface area contributed by atoms with Gasteiger partial charge in [0, 0.05) is 43.6 Å². The second-order valence-corrected chi connectivity index (χ2v) is 11.7. The molecule has 2 N–H and O–H groups in total. The number of carbonyl (C=O) groups is 1. The number of piperidine rings is 1. The van der Waals surface area contributed by atoms with E-state index in [1.54, 1.807) is 24.3 Å². The van der Waals surface area contributed by atoms with Crippen molar-refractivity contribution in [3.8, 4) is 11.5 Å². The Bertz CT molecular complexity index is 1290. The van der Waals surface area contributed by atoms with Crippen LogP contribution in [0.25, 0.3) is 0 Å². The lowest BCUT2D eigenvalue weighted by Crippen LogP contribution is -2.49. The summed E-state index contributed by atoms with van der Waals surface area (Å²) in [5.41, 5.74) is 2.53. The van der Waals surface area contributed by atoms with Crippen molar-refractivity contribution in [1.29, 1.82) is 0 Å². The van der Waals surface area contributed by atoms with Crippen molar-refractivity contribution in [2.24, 2.45) is 0 Å². The minimum Gasteiger partial charge on any atom is -0.457 e. The Morgan fingerprint density at radius 1 is 0.923 bits per heavy atom. The van der Waals surface area contributed by atoms with Crippen molar-refractivity contribution in [1.82, 2.24) is 9.80 Å². The summed E-state index contributed by atoms with van der Waals surface area (Å²) in [4.78, 5) is 17.6. The van der Waals surface area contributed by atoms with Gasteiger partial charge in [-0.3, -0.25) is 9.62 Å². The molecule has 1 heterocycles. The van der Waals surface area contributed by atoms with Crippen LogP contribution in [0.15, 0.2) is 78.9 Å². The summed E-state index contributed by atoms with van der Waals surface area (Å²) in [5.74, 6) is 1.35. The van der Waals surface area contributed by atoms with Crippen LogP contribution in [0.1, 0.15) is 38.2 Å². The van der Waals surface area contributed by atoms with Gasteiger partial charge in [0.2, 0.25) is 10.0 Å². The number of sulfonamides is 1. The van der Waals surface area contributed by atoms with Crippen molar-refractivity contribution >= 4 is 27.4 Å². The number of anilines is 2. The molecule has 39 heavy (non-hydrogen) atoms. The SMILES string of the molecule is CCCCN(C(=O)Nc1ccccc1)C1CCN(Cc2ccc(Oc3ccc(NS(C)(=O)=O)cc3)cc2)CC1. The van der Waals surface area contributed by atoms with Crippen LogP contribution in [0.2, 0.25) is 0 Å². The van der Waals surface area contributed by atoms with Gasteiger partial charge >= 0.3 is 6.03 Å². The van der Waals surface area contributed by atoms with Crippen LogP contribution >= 0.6 is 0 Å². The molecule has 1 fully saturated rings. The maximum absolute atomic E-state index is 13.1. The molecule has 1 saturated heterocycles. The molecule has 0 aliphatic carbocycles. The van der Waals surface area contributed by atoms with Gasteiger partial charge in [-0.2, -0.15) is 0 Å². The highest BCUT2D eigenvalue weighted by molar-refractivity contribution is 7.92. The smallest absolute Gasteiger partial charge is 0.322 e. The van der Waals surface area contributed by atoms with Crippen LogP contribution < -0.4 is 14.8 Å². The molecule has 1 aliphatic rings. The number of rotatable bonds is 11. The summed E-state index contributed by atoms with van der Waals surface area (Å²) in [6, 6.07) is 24.7. The van der Waals surface area contributed by atoms with Crippen molar-refractivity contribution in [2.75, 3.05) is 35.9 Å². The number of unbranched alkanes of at least 4 members (excludes halogenated alkanes) is 1. The summed E-state index contributed by atoms with van der Waals surface area (Å²) in [7, 11) is -3.31. The molecular weight excluding hydrogens is 512 g/mol. The highest BCUT2D eigenvalue weighted by Gasteiger charge is 2.27. The summed E-state index contributed by atoms with van der Waals surface area (Å²) in [5, 5.41) is 3.07. The number of urea groups is 1. The van der Waals surface area contributed by atoms with Crippen molar-refractivity contribution in [3.63, 3.8) is 0 Å². The van der Waals surface area contributed by atoms with Crippen molar-refractivity contribution in [2.45, 2.75) is 45.2 Å². The first kappa shape index (κ1) is 28.4. The topological polar surface area (TPSA) is 91.0 Å². The van der Waals surface area contributed by atoms with E-state index < -0.39 is 10.0 Å². The summed E-state index contributed by atoms with van der Waals surface area (Å²) >= 11 is 0. The van der Waals surface area contributed by atoms with Crippen LogP contribution in [0.4, 0.5) is 16.2 Å². The Morgan fingerprint density at radius 2 is 1.54 bits per heavy atom. The summed E-state index contributed by atoms with van der Waals surface area (Å²) in [6.07, 6.45) is 5.08. The van der Waals surface area contributed by atoms with E-state index in [1.165, 1.54) is 5.56 Å². The quantitative estimate of drug-likeness (QED) is 0.299. The highest BCUT2D eigenvalue weighted by Crippen LogP contribution is 2.25. The Labute approximate surface area is 232 Å². The Balaban J connectivity index is 1.27. The average molecular weight is 551 g/mol. The molecule has 0 unspecified atom stereocenters. The van der Waals surface area contributed by atoms with Gasteiger partial charge in [0.05, 0.1) is 6.26 Å². The number of ether oxygens (including phenoxy) is 1. The average Bonchev–Trinajstić information content (AvgIpc) is 2.92. The first-order chi connectivity index (χ1) is 18.8. The van der Waals surface area contributed by atoms with Crippen LogP contribution in [0.3, 0.4) is 0 Å². The van der Waals surface area contributed by atoms with Gasteiger partial charge in [-0.15, -0.1) is 0 Å². The molecule has 4 rings (SSSR count). The summed E-state index contributed by atoms with van der Waals surface area (Å²) < 4.78 is 31.1. The molecule has 3 aromatic rings. The van der Waals surface area contributed by atoms with E-state index in [4.69, 9.17) is 4.74 Å². The molecule has 0 atom stereocenters. The van der Waals surface area contributed by atoms with Crippen molar-refractivity contribution < 1.29 is 17.9 Å². The third kappa shape index (κ3) is 9.01. The van der Waals surface area contributed by atoms with E-state index in [9.17, 15) is 13.2 Å². The number of para-hydroxylation sites is 1. The van der Waals surface area contributed by atoms with E-state index in [-0.39, 0.29) is 12.1 Å². The molecule has 2 amide bonds. The van der Waals surface area contributed by atoms with Crippen LogP contribution in [-0.2, 0) is 16.6 Å². The number of benzene rings is 3. The zero-order valence-corrected chi connectivity index (χ0v) is 23.5. The minimum atomic E-state index is -3.31. The van der Waals surface area contributed by atoms with E-state index in [0.717, 1.165) is 69.6 Å². The largest absolute Gasteiger partial charge is 0.457 e. The van der Waals surface area contributed by atoms with Gasteiger partial charge < -0.3 is 15.0 Å². The number of nitrogens with one attached hydrogen (secondary N) is 2. The fraction of sp³-hybridized carbons (Fsp3) is 0.367. The lowest BCUT2D eigenvalue weighted by Gasteiger charge is -2.38. The molecule has 0 bridgehead atoms. The Kier molecular flexibility index (Phi) is 9.84. The third-order valence-electron chi connectivity index (χ3n) is 6.76. The van der Waals surface area contributed by atoms with E-state index in [2.05, 4.69) is 34.0 Å². The van der Waals surface area contributed by atoms with Gasteiger partial charge in [0.1, 0.15) is 11.5 Å². The Hall–Kier alpha value is -3.56. The highest BCUT2D eigenvalue weighted by atomic mass is 32.2. The molecular formula is C30H38N4O4S. The van der Waals surface area contributed by atoms with Gasteiger partial charge in [-0.05, 0) is 73.4 Å². The van der Waals surface area contributed by atoms with Gasteiger partial charge in [-0.25, -0.2) is 13.2 Å². The number of nitrogens with zero attached hydrogens (tertiary/aromatic N) is 2. The molecule has 9 heteroatoms. The second kappa shape index (κ2) is 13.5. The lowest BCUT2D eigenvalue weighted by atomic mass is 10.0. The molecule has 0 aromatic heterocycles. The standard InChI is InChI=1S/C30H38N4O4S/c1-3-4-20-34(30(35)31-25-8-6-5-7-9-25)27-18-21-33(22-19-27)23-24-10-14-28(15-11-24)38-29-16-12-26(13-17-29)32-39(2,36)37/h5-17,27,32H,3-4,18-23H2,1-2H3,(H,31,35). The molecule has 1 aliphatic heterocycles. The predicted molar refractivity (Wildman–Crippen MR) is 157 cm³/mol. The monoisotopic (exact) mass is 550 g/mol. The zero-order valence-electron chi connectivity index (χ0n) is 22.7. The van der Waals surface area contributed by atoms with Gasteiger partial charge in [-0.1, -0.05) is 43.7 Å². The maximum atomic E-state index is 13.1. The number of likely N-dealkylation sites (tertiary alicyclic amines) is 1. The minimum absolute atomic E-state index is 0.00927. The van der Waals surface area contributed by atoms with Crippen LogP contribution in [-0.4, -0.2) is 56.2 Å². The number of hydrogen-bond donors (Lipinski definition) is 2. The molecule has 0 radical (unpaired) electrons. The molecule has 208 valence electrons. The maximum Gasteiger partial charge on any atom is 0.322 e. The van der Waals surface area contributed by atoms with Crippen LogP contribution in [0.5, 0.6) is 11.5 Å². The lowest BCUT2D eigenvalue weighted by molar-refractivity contribution is 0.122. The second-order valence-electron chi connectivity index (χ2n) is 10.00.